The van der Waals surface area contributed by atoms with Crippen LogP contribution >= 0.6 is 0 Å². The average molecular weight is 515 g/mol. The van der Waals surface area contributed by atoms with E-state index in [1.54, 1.807) is 30.3 Å². The third-order valence-corrected chi connectivity index (χ3v) is 8.07. The SMILES string of the molecule is CC1=C(c2cccc(O)c2)C(c2ccc(OC[C@H](C)N(C)C3CCN(C)CC3)cc2)Oc2ccc(O)cc21. The Morgan fingerprint density at radius 1 is 1.00 bits per heavy atom. The summed E-state index contributed by atoms with van der Waals surface area (Å²) in [6, 6.07) is 21.4. The van der Waals surface area contributed by atoms with Crippen molar-refractivity contribution in [2.24, 2.45) is 0 Å². The highest BCUT2D eigenvalue weighted by molar-refractivity contribution is 5.95. The Balaban J connectivity index is 1.34. The molecule has 200 valence electrons. The maximum Gasteiger partial charge on any atom is 0.150 e. The number of likely N-dealkylation sites (tertiary alicyclic amines) is 1. The molecule has 1 saturated heterocycles. The van der Waals surface area contributed by atoms with Crippen LogP contribution in [0, 0.1) is 0 Å². The van der Waals surface area contributed by atoms with Gasteiger partial charge in [0.25, 0.3) is 0 Å². The van der Waals surface area contributed by atoms with Gasteiger partial charge in [-0.1, -0.05) is 24.3 Å². The lowest BCUT2D eigenvalue weighted by molar-refractivity contribution is 0.0877. The van der Waals surface area contributed by atoms with Crippen LogP contribution in [-0.2, 0) is 0 Å². The van der Waals surface area contributed by atoms with E-state index in [4.69, 9.17) is 9.47 Å². The lowest BCUT2D eigenvalue weighted by Crippen LogP contribution is -2.47. The van der Waals surface area contributed by atoms with E-state index < -0.39 is 0 Å². The van der Waals surface area contributed by atoms with Crippen molar-refractivity contribution < 1.29 is 19.7 Å². The van der Waals surface area contributed by atoms with Crippen LogP contribution in [0.15, 0.2) is 66.7 Å². The second-order valence-corrected chi connectivity index (χ2v) is 10.7. The second-order valence-electron chi connectivity index (χ2n) is 10.7. The molecule has 0 bridgehead atoms. The molecule has 2 aliphatic heterocycles. The molecule has 3 aromatic carbocycles. The first-order chi connectivity index (χ1) is 18.3. The predicted octanol–water partition coefficient (Wildman–Crippen LogP) is 5.96. The lowest BCUT2D eigenvalue weighted by atomic mass is 9.86. The minimum Gasteiger partial charge on any atom is -0.508 e. The molecule has 6 nitrogen and oxygen atoms in total. The molecule has 1 unspecified atom stereocenters. The molecular weight excluding hydrogens is 476 g/mol. The number of aromatic hydroxyl groups is 2. The third-order valence-electron chi connectivity index (χ3n) is 8.07. The Morgan fingerprint density at radius 2 is 1.71 bits per heavy atom. The number of nitrogens with zero attached hydrogens (tertiary/aromatic N) is 2. The summed E-state index contributed by atoms with van der Waals surface area (Å²) in [6.45, 7) is 7.20. The lowest BCUT2D eigenvalue weighted by Gasteiger charge is -2.38. The first-order valence-electron chi connectivity index (χ1n) is 13.4. The number of likely N-dealkylation sites (N-methyl/N-ethyl adjacent to an activating group) is 1. The van der Waals surface area contributed by atoms with Gasteiger partial charge in [-0.15, -0.1) is 0 Å². The van der Waals surface area contributed by atoms with E-state index >= 15 is 0 Å². The molecule has 5 rings (SSSR count). The molecular formula is C32H38N2O4. The summed E-state index contributed by atoms with van der Waals surface area (Å²) >= 11 is 0. The van der Waals surface area contributed by atoms with E-state index in [2.05, 4.69) is 30.8 Å². The largest absolute Gasteiger partial charge is 0.508 e. The quantitative estimate of drug-likeness (QED) is 0.406. The van der Waals surface area contributed by atoms with Crippen molar-refractivity contribution in [3.05, 3.63) is 83.4 Å². The molecule has 2 N–H and O–H groups in total. The van der Waals surface area contributed by atoms with Crippen LogP contribution in [0.3, 0.4) is 0 Å². The van der Waals surface area contributed by atoms with E-state index in [1.807, 2.05) is 43.3 Å². The van der Waals surface area contributed by atoms with Gasteiger partial charge < -0.3 is 24.6 Å². The van der Waals surface area contributed by atoms with Gasteiger partial charge in [0, 0.05) is 23.2 Å². The number of phenols is 2. The monoisotopic (exact) mass is 514 g/mol. The van der Waals surface area contributed by atoms with Crippen molar-refractivity contribution in [2.75, 3.05) is 33.8 Å². The van der Waals surface area contributed by atoms with Crippen molar-refractivity contribution in [3.63, 3.8) is 0 Å². The number of hydrogen-bond donors (Lipinski definition) is 2. The highest BCUT2D eigenvalue weighted by Gasteiger charge is 2.30. The number of benzene rings is 3. The molecule has 0 saturated carbocycles. The third kappa shape index (κ3) is 5.52. The first-order valence-corrected chi connectivity index (χ1v) is 13.4. The molecule has 1 fully saturated rings. The van der Waals surface area contributed by atoms with Crippen LogP contribution in [0.4, 0.5) is 0 Å². The van der Waals surface area contributed by atoms with Gasteiger partial charge in [0.15, 0.2) is 0 Å². The van der Waals surface area contributed by atoms with E-state index in [0.717, 1.165) is 52.4 Å². The van der Waals surface area contributed by atoms with Gasteiger partial charge in [0.05, 0.1) is 0 Å². The van der Waals surface area contributed by atoms with Crippen molar-refractivity contribution in [2.45, 2.75) is 44.9 Å². The number of rotatable bonds is 7. The molecule has 0 amide bonds. The fourth-order valence-electron chi connectivity index (χ4n) is 5.55. The number of piperidine rings is 1. The molecule has 0 radical (unpaired) electrons. The summed E-state index contributed by atoms with van der Waals surface area (Å²) in [5.74, 6) is 1.95. The van der Waals surface area contributed by atoms with Gasteiger partial charge in [-0.3, -0.25) is 4.90 Å². The Hall–Kier alpha value is -3.48. The van der Waals surface area contributed by atoms with Gasteiger partial charge in [-0.2, -0.15) is 0 Å². The zero-order valence-electron chi connectivity index (χ0n) is 22.7. The van der Waals surface area contributed by atoms with Crippen LogP contribution < -0.4 is 9.47 Å². The summed E-state index contributed by atoms with van der Waals surface area (Å²) in [4.78, 5) is 4.86. The van der Waals surface area contributed by atoms with Crippen LogP contribution in [0.2, 0.25) is 0 Å². The first kappa shape index (κ1) is 26.1. The molecule has 0 aromatic heterocycles. The number of allylic oxidation sites excluding steroid dienone is 1. The average Bonchev–Trinajstić information content (AvgIpc) is 2.92. The minimum atomic E-state index is -0.364. The fraction of sp³-hybridized carbons (Fsp3) is 0.375. The Bertz CT molecular complexity index is 1300. The summed E-state index contributed by atoms with van der Waals surface area (Å²) in [5.41, 5.74) is 4.69. The molecule has 2 atom stereocenters. The highest BCUT2D eigenvalue weighted by Crippen LogP contribution is 2.47. The maximum atomic E-state index is 10.2. The maximum absolute atomic E-state index is 10.2. The van der Waals surface area contributed by atoms with Gasteiger partial charge in [-0.05, 0) is 113 Å². The molecule has 38 heavy (non-hydrogen) atoms. The number of fused-ring (bicyclic) bond motifs is 1. The predicted molar refractivity (Wildman–Crippen MR) is 152 cm³/mol. The van der Waals surface area contributed by atoms with Crippen LogP contribution in [0.1, 0.15) is 49.5 Å². The van der Waals surface area contributed by atoms with E-state index in [0.29, 0.717) is 18.7 Å². The van der Waals surface area contributed by atoms with Crippen LogP contribution in [0.5, 0.6) is 23.0 Å². The summed E-state index contributed by atoms with van der Waals surface area (Å²) in [7, 11) is 4.40. The number of phenolic OH excluding ortho intramolecular Hbond substituents is 2. The second kappa shape index (κ2) is 11.1. The smallest absolute Gasteiger partial charge is 0.150 e. The van der Waals surface area contributed by atoms with Crippen molar-refractivity contribution in [1.29, 1.82) is 0 Å². The van der Waals surface area contributed by atoms with Gasteiger partial charge >= 0.3 is 0 Å². The molecule has 0 aliphatic carbocycles. The van der Waals surface area contributed by atoms with Gasteiger partial charge in [0.1, 0.15) is 35.7 Å². The van der Waals surface area contributed by atoms with Crippen molar-refractivity contribution in [3.8, 4) is 23.0 Å². The summed E-state index contributed by atoms with van der Waals surface area (Å²) in [5, 5.41) is 20.3. The molecule has 0 spiro atoms. The summed E-state index contributed by atoms with van der Waals surface area (Å²) in [6.07, 6.45) is 2.03. The van der Waals surface area contributed by atoms with Crippen molar-refractivity contribution in [1.82, 2.24) is 9.80 Å². The van der Waals surface area contributed by atoms with Crippen LogP contribution in [-0.4, -0.2) is 65.9 Å². The van der Waals surface area contributed by atoms with Gasteiger partial charge in [-0.25, -0.2) is 0 Å². The molecule has 6 heteroatoms. The van der Waals surface area contributed by atoms with E-state index in [9.17, 15) is 10.2 Å². The van der Waals surface area contributed by atoms with E-state index in [-0.39, 0.29) is 17.6 Å². The summed E-state index contributed by atoms with van der Waals surface area (Å²) < 4.78 is 12.7. The zero-order chi connectivity index (χ0) is 26.8. The Labute approximate surface area is 225 Å². The van der Waals surface area contributed by atoms with Gasteiger partial charge in [0.2, 0.25) is 0 Å². The highest BCUT2D eigenvalue weighted by atomic mass is 16.5. The van der Waals surface area contributed by atoms with E-state index in [1.165, 1.54) is 12.8 Å². The fourth-order valence-corrected chi connectivity index (χ4v) is 5.55. The molecule has 2 heterocycles. The van der Waals surface area contributed by atoms with Crippen molar-refractivity contribution >= 4 is 11.1 Å². The standard InChI is InChI=1S/C32H38N2O4/c1-21(34(4)25-14-16-33(3)17-15-25)20-37-28-11-8-23(9-12-28)32-31(24-6-5-7-26(35)18-24)22(2)29-19-27(36)10-13-30(29)38-32/h5-13,18-19,21,25,32,35-36H,14-17,20H2,1-4H3/t21-,32?/m0/s1. The zero-order valence-corrected chi connectivity index (χ0v) is 22.7. The van der Waals surface area contributed by atoms with Crippen LogP contribution in [0.25, 0.3) is 11.1 Å². The Kier molecular flexibility index (Phi) is 7.63. The number of hydrogen-bond acceptors (Lipinski definition) is 6. The Morgan fingerprint density at radius 3 is 2.42 bits per heavy atom. The molecule has 3 aromatic rings. The minimum absolute atomic E-state index is 0.192. The number of ether oxygens (including phenoxy) is 2. The normalized spacial score (nSPS) is 19.2. The molecule has 2 aliphatic rings. The topological polar surface area (TPSA) is 65.4 Å².